The average Bonchev–Trinajstić information content (AvgIpc) is 3.13. The third kappa shape index (κ3) is 6.35. The van der Waals surface area contributed by atoms with Gasteiger partial charge in [-0.1, -0.05) is 62.4 Å². The number of alkyl carbamates (subject to hydrolysis) is 1. The molecule has 182 valence electrons. The molecule has 8 heteroatoms. The Bertz CT molecular complexity index is 976. The molecule has 2 aromatic carbocycles. The van der Waals surface area contributed by atoms with Crippen LogP contribution < -0.4 is 10.6 Å². The van der Waals surface area contributed by atoms with Crippen LogP contribution in [-0.4, -0.2) is 55.5 Å². The summed E-state index contributed by atoms with van der Waals surface area (Å²) in [6.07, 6.45) is -1.32. The second kappa shape index (κ2) is 11.7. The molecule has 0 heterocycles. The molecule has 1 aliphatic rings. The van der Waals surface area contributed by atoms with Crippen molar-refractivity contribution in [1.29, 1.82) is 0 Å². The number of rotatable bonds is 11. The first kappa shape index (κ1) is 25.2. The number of nitrogens with one attached hydrogen (secondary N) is 2. The maximum absolute atomic E-state index is 12.4. The van der Waals surface area contributed by atoms with Crippen LogP contribution in [0.4, 0.5) is 4.79 Å². The van der Waals surface area contributed by atoms with Crippen molar-refractivity contribution in [2.45, 2.75) is 44.8 Å². The van der Waals surface area contributed by atoms with Crippen LogP contribution in [0.2, 0.25) is 0 Å². The molecule has 0 saturated carbocycles. The maximum atomic E-state index is 12.4. The predicted molar refractivity (Wildman–Crippen MR) is 128 cm³/mol. The Balaban J connectivity index is 1.50. The van der Waals surface area contributed by atoms with Gasteiger partial charge in [-0.25, -0.2) is 4.79 Å². The third-order valence-electron chi connectivity index (χ3n) is 6.11. The number of fused-ring (bicyclic) bond motifs is 3. The van der Waals surface area contributed by atoms with E-state index in [9.17, 15) is 14.4 Å². The van der Waals surface area contributed by atoms with Crippen LogP contribution in [0.1, 0.15) is 43.7 Å². The quantitative estimate of drug-likeness (QED) is 0.465. The third-order valence-corrected chi connectivity index (χ3v) is 6.11. The van der Waals surface area contributed by atoms with Gasteiger partial charge >= 0.3 is 12.1 Å². The number of carbonyl (C=O) groups excluding carboxylic acids is 2. The van der Waals surface area contributed by atoms with Gasteiger partial charge in [0.2, 0.25) is 5.91 Å². The largest absolute Gasteiger partial charge is 0.481 e. The summed E-state index contributed by atoms with van der Waals surface area (Å²) in [5, 5.41) is 14.4. The van der Waals surface area contributed by atoms with Gasteiger partial charge in [0.15, 0.2) is 0 Å². The zero-order chi connectivity index (χ0) is 24.7. The van der Waals surface area contributed by atoms with Crippen molar-refractivity contribution in [3.8, 4) is 11.1 Å². The molecule has 34 heavy (non-hydrogen) atoms. The Kier molecular flexibility index (Phi) is 8.65. The van der Waals surface area contributed by atoms with E-state index in [4.69, 9.17) is 14.6 Å². The van der Waals surface area contributed by atoms with Gasteiger partial charge in [0.25, 0.3) is 0 Å². The lowest BCUT2D eigenvalue weighted by Crippen LogP contribution is -2.43. The summed E-state index contributed by atoms with van der Waals surface area (Å²) in [4.78, 5) is 35.7. The lowest BCUT2D eigenvalue weighted by molar-refractivity contribution is -0.138. The van der Waals surface area contributed by atoms with E-state index in [0.29, 0.717) is 0 Å². The van der Waals surface area contributed by atoms with Crippen LogP contribution >= 0.6 is 0 Å². The molecule has 0 fully saturated rings. The highest BCUT2D eigenvalue weighted by molar-refractivity contribution is 5.79. The number of methoxy groups -OCH3 is 1. The SMILES string of the molecule is COC(CNC(=O)OCC1c2ccccc2-c2ccccc21)CC(=O)NC(CC(=O)O)C(C)C. The van der Waals surface area contributed by atoms with Crippen LogP contribution in [0.3, 0.4) is 0 Å². The van der Waals surface area contributed by atoms with Crippen LogP contribution in [0.5, 0.6) is 0 Å². The second-order valence-corrected chi connectivity index (χ2v) is 8.78. The number of carbonyl (C=O) groups is 3. The molecular weight excluding hydrogens is 436 g/mol. The van der Waals surface area contributed by atoms with E-state index >= 15 is 0 Å². The highest BCUT2D eigenvalue weighted by Crippen LogP contribution is 2.44. The molecule has 1 aliphatic carbocycles. The Hall–Kier alpha value is -3.39. The van der Waals surface area contributed by atoms with Crippen LogP contribution in [0, 0.1) is 5.92 Å². The molecule has 8 nitrogen and oxygen atoms in total. The topological polar surface area (TPSA) is 114 Å². The molecule has 2 unspecified atom stereocenters. The normalized spacial score (nSPS) is 14.1. The molecule has 3 rings (SSSR count). The zero-order valence-electron chi connectivity index (χ0n) is 19.7. The number of aliphatic carboxylic acids is 1. The second-order valence-electron chi connectivity index (χ2n) is 8.78. The van der Waals surface area contributed by atoms with E-state index < -0.39 is 24.2 Å². The molecule has 0 aliphatic heterocycles. The molecule has 2 aromatic rings. The lowest BCUT2D eigenvalue weighted by Gasteiger charge is -2.22. The lowest BCUT2D eigenvalue weighted by atomic mass is 9.98. The van der Waals surface area contributed by atoms with E-state index in [1.54, 1.807) is 0 Å². The number of carboxylic acids is 1. The summed E-state index contributed by atoms with van der Waals surface area (Å²) in [6.45, 7) is 3.98. The van der Waals surface area contributed by atoms with Crippen molar-refractivity contribution in [3.05, 3.63) is 59.7 Å². The van der Waals surface area contributed by atoms with Crippen molar-refractivity contribution >= 4 is 18.0 Å². The van der Waals surface area contributed by atoms with Crippen LogP contribution in [0.25, 0.3) is 11.1 Å². The van der Waals surface area contributed by atoms with E-state index in [0.717, 1.165) is 22.3 Å². The van der Waals surface area contributed by atoms with Gasteiger partial charge in [0, 0.05) is 25.6 Å². The molecule has 2 amide bonds. The minimum Gasteiger partial charge on any atom is -0.481 e. The van der Waals surface area contributed by atoms with E-state index in [1.807, 2.05) is 38.1 Å². The number of ether oxygens (including phenoxy) is 2. The van der Waals surface area contributed by atoms with Crippen molar-refractivity contribution in [1.82, 2.24) is 10.6 Å². The van der Waals surface area contributed by atoms with Gasteiger partial charge in [-0.3, -0.25) is 9.59 Å². The summed E-state index contributed by atoms with van der Waals surface area (Å²) in [6, 6.07) is 15.7. The van der Waals surface area contributed by atoms with Crippen molar-refractivity contribution in [3.63, 3.8) is 0 Å². The van der Waals surface area contributed by atoms with Gasteiger partial charge in [-0.2, -0.15) is 0 Å². The highest BCUT2D eigenvalue weighted by Gasteiger charge is 2.29. The summed E-state index contributed by atoms with van der Waals surface area (Å²) < 4.78 is 10.8. The number of hydrogen-bond acceptors (Lipinski definition) is 5. The van der Waals surface area contributed by atoms with Crippen LogP contribution in [0.15, 0.2) is 48.5 Å². The van der Waals surface area contributed by atoms with Gasteiger partial charge < -0.3 is 25.2 Å². The monoisotopic (exact) mass is 468 g/mol. The first-order chi connectivity index (χ1) is 16.3. The summed E-state index contributed by atoms with van der Waals surface area (Å²) in [5.41, 5.74) is 4.56. The Morgan fingerprint density at radius 1 is 0.971 bits per heavy atom. The number of hydrogen-bond donors (Lipinski definition) is 3. The molecule has 0 radical (unpaired) electrons. The average molecular weight is 469 g/mol. The minimum atomic E-state index is -0.973. The van der Waals surface area contributed by atoms with Gasteiger partial charge in [0.05, 0.1) is 18.9 Å². The number of carboxylic acid groups (broad SMARTS) is 1. The first-order valence-corrected chi connectivity index (χ1v) is 11.4. The summed E-state index contributed by atoms with van der Waals surface area (Å²) in [5.74, 6) is -1.37. The van der Waals surface area contributed by atoms with E-state index in [2.05, 4.69) is 34.9 Å². The molecule has 0 bridgehead atoms. The fourth-order valence-electron chi connectivity index (χ4n) is 4.20. The number of benzene rings is 2. The van der Waals surface area contributed by atoms with Crippen molar-refractivity contribution in [2.24, 2.45) is 5.92 Å². The van der Waals surface area contributed by atoms with E-state index in [-0.39, 0.29) is 43.7 Å². The zero-order valence-corrected chi connectivity index (χ0v) is 19.7. The summed E-state index contributed by atoms with van der Waals surface area (Å²) in [7, 11) is 1.45. The van der Waals surface area contributed by atoms with E-state index in [1.165, 1.54) is 7.11 Å². The smallest absolute Gasteiger partial charge is 0.407 e. The first-order valence-electron chi connectivity index (χ1n) is 11.4. The molecule has 0 saturated heterocycles. The maximum Gasteiger partial charge on any atom is 0.407 e. The van der Waals surface area contributed by atoms with Crippen LogP contribution in [-0.2, 0) is 19.1 Å². The van der Waals surface area contributed by atoms with Crippen molar-refractivity contribution < 1.29 is 29.0 Å². The fraction of sp³-hybridized carbons (Fsp3) is 0.423. The van der Waals surface area contributed by atoms with Gasteiger partial charge in [0.1, 0.15) is 6.61 Å². The molecule has 2 atom stereocenters. The fourth-order valence-corrected chi connectivity index (χ4v) is 4.20. The highest BCUT2D eigenvalue weighted by atomic mass is 16.5. The standard InChI is InChI=1S/C26H32N2O6/c1-16(2)23(13-25(30)31)28-24(29)12-17(33-3)14-27-26(32)34-15-22-20-10-6-4-8-18(20)19-9-5-7-11-21(19)22/h4-11,16-17,22-23H,12-15H2,1-3H3,(H,27,32)(H,28,29)(H,30,31). The predicted octanol–water partition coefficient (Wildman–Crippen LogP) is 3.55. The van der Waals surface area contributed by atoms with Crippen molar-refractivity contribution in [2.75, 3.05) is 20.3 Å². The minimum absolute atomic E-state index is 0.0109. The Morgan fingerprint density at radius 3 is 2.09 bits per heavy atom. The molecular formula is C26H32N2O6. The number of amides is 2. The molecule has 0 aromatic heterocycles. The Morgan fingerprint density at radius 2 is 1.56 bits per heavy atom. The van der Waals surface area contributed by atoms with Gasteiger partial charge in [-0.05, 0) is 28.2 Å². The summed E-state index contributed by atoms with van der Waals surface area (Å²) >= 11 is 0. The van der Waals surface area contributed by atoms with Gasteiger partial charge in [-0.15, -0.1) is 0 Å². The Labute approximate surface area is 199 Å². The molecule has 0 spiro atoms. The molecule has 3 N–H and O–H groups in total.